The van der Waals surface area contributed by atoms with Gasteiger partial charge in [0.1, 0.15) is 0 Å². The van der Waals surface area contributed by atoms with Crippen LogP contribution >= 0.6 is 0 Å². The number of ether oxygens (including phenoxy) is 1. The van der Waals surface area contributed by atoms with Crippen LogP contribution in [-0.4, -0.2) is 44.9 Å². The van der Waals surface area contributed by atoms with Gasteiger partial charge in [-0.25, -0.2) is 8.42 Å². The number of carbonyl (C=O) groups excluding carboxylic acids is 1. The maximum Gasteiger partial charge on any atom is 0.255 e. The molecule has 1 aliphatic heterocycles. The molecule has 1 heterocycles. The summed E-state index contributed by atoms with van der Waals surface area (Å²) in [5.41, 5.74) is 3.00. The molecule has 1 saturated heterocycles. The molecule has 0 atom stereocenters. The molecule has 0 spiro atoms. The number of sulfonamides is 1. The minimum atomic E-state index is -3.58. The smallest absolute Gasteiger partial charge is 0.255 e. The van der Waals surface area contributed by atoms with Crippen molar-refractivity contribution in [3.05, 3.63) is 84.4 Å². The monoisotopic (exact) mass is 422 g/mol. The van der Waals surface area contributed by atoms with Crippen molar-refractivity contribution in [3.63, 3.8) is 0 Å². The van der Waals surface area contributed by atoms with Gasteiger partial charge in [0.2, 0.25) is 10.0 Å². The van der Waals surface area contributed by atoms with Crippen molar-refractivity contribution in [2.45, 2.75) is 4.90 Å². The molecule has 154 valence electrons. The Bertz CT molecular complexity index is 1120. The SMILES string of the molecule is O=C(Nc1ccccc1-c1ccccc1)c1ccc(S(=O)(=O)N2CCOCC2)cc1. The second kappa shape index (κ2) is 8.79. The Morgan fingerprint density at radius 1 is 0.833 bits per heavy atom. The second-order valence-electron chi connectivity index (χ2n) is 6.91. The number of nitrogens with zero attached hydrogens (tertiary/aromatic N) is 1. The Labute approximate surface area is 176 Å². The van der Waals surface area contributed by atoms with Gasteiger partial charge in [-0.05, 0) is 35.9 Å². The number of carbonyl (C=O) groups is 1. The van der Waals surface area contributed by atoms with Gasteiger partial charge >= 0.3 is 0 Å². The Morgan fingerprint density at radius 3 is 2.17 bits per heavy atom. The van der Waals surface area contributed by atoms with Crippen LogP contribution < -0.4 is 5.32 Å². The number of amides is 1. The van der Waals surface area contributed by atoms with Gasteiger partial charge in [-0.15, -0.1) is 0 Å². The predicted octanol–water partition coefficient (Wildman–Crippen LogP) is 3.63. The third-order valence-corrected chi connectivity index (χ3v) is 6.90. The van der Waals surface area contributed by atoms with Crippen molar-refractivity contribution in [1.82, 2.24) is 4.31 Å². The van der Waals surface area contributed by atoms with Gasteiger partial charge in [0.05, 0.1) is 18.1 Å². The van der Waals surface area contributed by atoms with E-state index in [1.807, 2.05) is 54.6 Å². The average Bonchev–Trinajstić information content (AvgIpc) is 2.80. The van der Waals surface area contributed by atoms with Gasteiger partial charge in [-0.1, -0.05) is 48.5 Å². The van der Waals surface area contributed by atoms with E-state index in [1.54, 1.807) is 0 Å². The number of para-hydroxylation sites is 1. The molecular formula is C23H22N2O4S. The van der Waals surface area contributed by atoms with Crippen LogP contribution in [0.1, 0.15) is 10.4 Å². The molecule has 1 N–H and O–H groups in total. The Hall–Kier alpha value is -3.00. The van der Waals surface area contributed by atoms with Crippen LogP contribution in [0.5, 0.6) is 0 Å². The standard InChI is InChI=1S/C23H22N2O4S/c26-23(24-22-9-5-4-8-21(22)18-6-2-1-3-7-18)19-10-12-20(13-11-19)30(27,28)25-14-16-29-17-15-25/h1-13H,14-17H2,(H,24,26). The third-order valence-electron chi connectivity index (χ3n) is 4.98. The summed E-state index contributed by atoms with van der Waals surface area (Å²) in [4.78, 5) is 12.9. The molecule has 3 aromatic carbocycles. The molecule has 1 amide bonds. The zero-order chi connectivity index (χ0) is 21.0. The average molecular weight is 423 g/mol. The maximum absolute atomic E-state index is 12.8. The molecule has 3 aromatic rings. The maximum atomic E-state index is 12.8. The summed E-state index contributed by atoms with van der Waals surface area (Å²) >= 11 is 0. The van der Waals surface area contributed by atoms with Gasteiger partial charge in [0.25, 0.3) is 5.91 Å². The summed E-state index contributed by atoms with van der Waals surface area (Å²) in [6.45, 7) is 1.45. The molecule has 0 aliphatic carbocycles. The number of rotatable bonds is 5. The summed E-state index contributed by atoms with van der Waals surface area (Å²) in [7, 11) is -3.58. The summed E-state index contributed by atoms with van der Waals surface area (Å²) in [5, 5.41) is 2.93. The first kappa shape index (κ1) is 20.3. The fourth-order valence-electron chi connectivity index (χ4n) is 3.37. The lowest BCUT2D eigenvalue weighted by Gasteiger charge is -2.26. The van der Waals surface area contributed by atoms with Crippen molar-refractivity contribution < 1.29 is 17.9 Å². The van der Waals surface area contributed by atoms with Gasteiger partial charge in [-0.2, -0.15) is 4.31 Å². The lowest BCUT2D eigenvalue weighted by molar-refractivity contribution is 0.0730. The first-order chi connectivity index (χ1) is 14.6. The van der Waals surface area contributed by atoms with Crippen LogP contribution in [0.4, 0.5) is 5.69 Å². The van der Waals surface area contributed by atoms with Gasteiger partial charge in [0, 0.05) is 29.9 Å². The molecule has 0 unspecified atom stereocenters. The summed E-state index contributed by atoms with van der Waals surface area (Å²) in [6.07, 6.45) is 0. The minimum Gasteiger partial charge on any atom is -0.379 e. The number of anilines is 1. The largest absolute Gasteiger partial charge is 0.379 e. The van der Waals surface area contributed by atoms with Crippen LogP contribution in [0, 0.1) is 0 Å². The molecule has 0 saturated carbocycles. The van der Waals surface area contributed by atoms with E-state index < -0.39 is 10.0 Å². The molecule has 1 fully saturated rings. The molecule has 4 rings (SSSR count). The number of hydrogen-bond acceptors (Lipinski definition) is 4. The van der Waals surface area contributed by atoms with Crippen molar-refractivity contribution in [1.29, 1.82) is 0 Å². The molecule has 30 heavy (non-hydrogen) atoms. The highest BCUT2D eigenvalue weighted by atomic mass is 32.2. The normalized spacial score (nSPS) is 14.9. The molecule has 0 bridgehead atoms. The van der Waals surface area contributed by atoms with Gasteiger partial charge in [-0.3, -0.25) is 4.79 Å². The highest BCUT2D eigenvalue weighted by Crippen LogP contribution is 2.28. The fourth-order valence-corrected chi connectivity index (χ4v) is 4.78. The molecule has 7 heteroatoms. The highest BCUT2D eigenvalue weighted by molar-refractivity contribution is 7.89. The number of benzene rings is 3. The molecule has 6 nitrogen and oxygen atoms in total. The zero-order valence-corrected chi connectivity index (χ0v) is 17.1. The topological polar surface area (TPSA) is 75.7 Å². The third kappa shape index (κ3) is 4.28. The predicted molar refractivity (Wildman–Crippen MR) is 116 cm³/mol. The van der Waals surface area contributed by atoms with Crippen molar-refractivity contribution >= 4 is 21.6 Å². The van der Waals surface area contributed by atoms with Crippen molar-refractivity contribution in [3.8, 4) is 11.1 Å². The van der Waals surface area contributed by atoms with Gasteiger partial charge < -0.3 is 10.1 Å². The summed E-state index contributed by atoms with van der Waals surface area (Å²) in [6, 6.07) is 23.4. The first-order valence-corrected chi connectivity index (χ1v) is 11.1. The van der Waals surface area contributed by atoms with Crippen molar-refractivity contribution in [2.75, 3.05) is 31.6 Å². The van der Waals surface area contributed by atoms with Gasteiger partial charge in [0.15, 0.2) is 0 Å². The fraction of sp³-hybridized carbons (Fsp3) is 0.174. The lowest BCUT2D eigenvalue weighted by atomic mass is 10.0. The Balaban J connectivity index is 1.53. The van der Waals surface area contributed by atoms with E-state index in [1.165, 1.54) is 28.6 Å². The minimum absolute atomic E-state index is 0.172. The van der Waals surface area contributed by atoms with Crippen LogP contribution in [0.3, 0.4) is 0 Å². The second-order valence-corrected chi connectivity index (χ2v) is 8.84. The number of morpholine rings is 1. The molecule has 0 radical (unpaired) electrons. The Morgan fingerprint density at radius 2 is 1.47 bits per heavy atom. The van der Waals surface area contributed by atoms with E-state index in [9.17, 15) is 13.2 Å². The highest BCUT2D eigenvalue weighted by Gasteiger charge is 2.26. The summed E-state index contributed by atoms with van der Waals surface area (Å²) in [5.74, 6) is -0.297. The van der Waals surface area contributed by atoms with E-state index in [2.05, 4.69) is 5.32 Å². The quantitative estimate of drug-likeness (QED) is 0.681. The number of nitrogens with one attached hydrogen (secondary N) is 1. The van der Waals surface area contributed by atoms with E-state index >= 15 is 0 Å². The van der Waals surface area contributed by atoms with E-state index in [-0.39, 0.29) is 10.8 Å². The first-order valence-electron chi connectivity index (χ1n) is 9.69. The molecule has 1 aliphatic rings. The van der Waals surface area contributed by atoms with Crippen molar-refractivity contribution in [2.24, 2.45) is 0 Å². The summed E-state index contributed by atoms with van der Waals surface area (Å²) < 4.78 is 32.1. The van der Waals surface area contributed by atoms with Crippen LogP contribution in [0.25, 0.3) is 11.1 Å². The van der Waals surface area contributed by atoms with E-state index in [4.69, 9.17) is 4.74 Å². The molecular weight excluding hydrogens is 400 g/mol. The molecule has 0 aromatic heterocycles. The lowest BCUT2D eigenvalue weighted by Crippen LogP contribution is -2.40. The van der Waals surface area contributed by atoms with Crippen LogP contribution in [0.15, 0.2) is 83.8 Å². The number of hydrogen-bond donors (Lipinski definition) is 1. The van der Waals surface area contributed by atoms with E-state index in [0.29, 0.717) is 37.6 Å². The van der Waals surface area contributed by atoms with Crippen LogP contribution in [0.2, 0.25) is 0 Å². The Kier molecular flexibility index (Phi) is 5.94. The zero-order valence-electron chi connectivity index (χ0n) is 16.3. The van der Waals surface area contributed by atoms with E-state index in [0.717, 1.165) is 11.1 Å². The van der Waals surface area contributed by atoms with Crippen LogP contribution in [-0.2, 0) is 14.8 Å².